The van der Waals surface area contributed by atoms with Gasteiger partial charge in [0, 0.05) is 31.2 Å². The molecule has 0 unspecified atom stereocenters. The molecule has 4 rings (SSSR count). The van der Waals surface area contributed by atoms with Crippen molar-refractivity contribution in [3.8, 4) is 11.5 Å². The number of piperidine rings is 1. The smallest absolute Gasteiger partial charge is 0.255 e. The van der Waals surface area contributed by atoms with E-state index in [4.69, 9.17) is 21.1 Å². The van der Waals surface area contributed by atoms with Crippen molar-refractivity contribution in [1.82, 2.24) is 9.88 Å². The third-order valence-electron chi connectivity index (χ3n) is 5.22. The summed E-state index contributed by atoms with van der Waals surface area (Å²) in [5.41, 5.74) is 1.14. The van der Waals surface area contributed by atoms with Crippen molar-refractivity contribution in [1.29, 1.82) is 0 Å². The Morgan fingerprint density at radius 2 is 1.89 bits per heavy atom. The van der Waals surface area contributed by atoms with E-state index in [1.54, 1.807) is 19.4 Å². The van der Waals surface area contributed by atoms with Gasteiger partial charge in [0.2, 0.25) is 0 Å². The molecule has 0 radical (unpaired) electrons. The third-order valence-corrected chi connectivity index (χ3v) is 5.51. The predicted molar refractivity (Wildman–Crippen MR) is 111 cm³/mol. The van der Waals surface area contributed by atoms with Gasteiger partial charge in [-0.1, -0.05) is 23.7 Å². The number of H-pyrrole nitrogens is 1. The Kier molecular flexibility index (Phi) is 5.55. The van der Waals surface area contributed by atoms with Crippen LogP contribution < -0.4 is 15.0 Å². The summed E-state index contributed by atoms with van der Waals surface area (Å²) in [6, 6.07) is 13.6. The summed E-state index contributed by atoms with van der Waals surface area (Å²) in [5.74, 6) is 1.53. The van der Waals surface area contributed by atoms with Crippen molar-refractivity contribution in [2.75, 3.05) is 20.2 Å². The molecule has 1 saturated heterocycles. The maximum atomic E-state index is 11.9. The van der Waals surface area contributed by atoms with Crippen molar-refractivity contribution >= 4 is 22.4 Å². The molecule has 2 aromatic carbocycles. The lowest BCUT2D eigenvalue weighted by atomic mass is 10.1. The van der Waals surface area contributed by atoms with E-state index in [-0.39, 0.29) is 11.7 Å². The average Bonchev–Trinajstić information content (AvgIpc) is 2.71. The maximum Gasteiger partial charge on any atom is 0.255 e. The first kappa shape index (κ1) is 18.8. The number of nitrogens with zero attached hydrogens (tertiary/aromatic N) is 1. The second kappa shape index (κ2) is 8.25. The predicted octanol–water partition coefficient (Wildman–Crippen LogP) is 4.23. The molecule has 0 amide bonds. The van der Waals surface area contributed by atoms with E-state index in [9.17, 15) is 4.79 Å². The van der Waals surface area contributed by atoms with Crippen LogP contribution in [-0.4, -0.2) is 36.2 Å². The summed E-state index contributed by atoms with van der Waals surface area (Å²) < 4.78 is 11.4. The molecule has 5 nitrogen and oxygen atoms in total. The van der Waals surface area contributed by atoms with Gasteiger partial charge in [-0.25, -0.2) is 0 Å². The van der Waals surface area contributed by atoms with Crippen LogP contribution in [0.25, 0.3) is 10.8 Å². The zero-order chi connectivity index (χ0) is 19.5. The summed E-state index contributed by atoms with van der Waals surface area (Å²) in [5, 5.41) is 1.89. The van der Waals surface area contributed by atoms with Gasteiger partial charge in [0.05, 0.1) is 12.1 Å². The van der Waals surface area contributed by atoms with Crippen LogP contribution >= 0.6 is 11.6 Å². The summed E-state index contributed by atoms with van der Waals surface area (Å²) in [7, 11) is 1.68. The summed E-state index contributed by atoms with van der Waals surface area (Å²) in [6.45, 7) is 2.87. The molecule has 1 aliphatic rings. The van der Waals surface area contributed by atoms with Gasteiger partial charge in [-0.15, -0.1) is 0 Å². The number of methoxy groups -OCH3 is 1. The number of benzene rings is 2. The number of pyridine rings is 1. The number of likely N-dealkylation sites (tertiary alicyclic amines) is 1. The Balaban J connectivity index is 1.37. The van der Waals surface area contributed by atoms with E-state index in [1.807, 2.05) is 24.3 Å². The normalized spacial score (nSPS) is 15.6. The first-order chi connectivity index (χ1) is 13.6. The minimum Gasteiger partial charge on any atom is -0.497 e. The van der Waals surface area contributed by atoms with Crippen LogP contribution in [0.2, 0.25) is 5.02 Å². The minimum absolute atomic E-state index is 0.129. The maximum absolute atomic E-state index is 11.9. The van der Waals surface area contributed by atoms with Gasteiger partial charge >= 0.3 is 0 Å². The molecule has 28 heavy (non-hydrogen) atoms. The molecule has 1 aliphatic heterocycles. The first-order valence-electron chi connectivity index (χ1n) is 9.45. The van der Waals surface area contributed by atoms with Gasteiger partial charge in [-0.05, 0) is 54.1 Å². The molecule has 1 N–H and O–H groups in total. The molecule has 1 fully saturated rings. The van der Waals surface area contributed by atoms with Crippen LogP contribution in [0.4, 0.5) is 0 Å². The number of aromatic nitrogens is 1. The van der Waals surface area contributed by atoms with Gasteiger partial charge in [0.1, 0.15) is 17.6 Å². The molecular weight excluding hydrogens is 376 g/mol. The third kappa shape index (κ3) is 4.16. The monoisotopic (exact) mass is 398 g/mol. The van der Waals surface area contributed by atoms with Crippen LogP contribution in [0.15, 0.2) is 53.5 Å². The summed E-state index contributed by atoms with van der Waals surface area (Å²) >= 11 is 6.36. The van der Waals surface area contributed by atoms with Crippen molar-refractivity contribution in [2.24, 2.45) is 0 Å². The van der Waals surface area contributed by atoms with Crippen molar-refractivity contribution in [2.45, 2.75) is 25.5 Å². The molecule has 0 spiro atoms. The lowest BCUT2D eigenvalue weighted by molar-refractivity contribution is 0.0970. The number of fused-ring (bicyclic) bond motifs is 1. The number of rotatable bonds is 5. The highest BCUT2D eigenvalue weighted by Gasteiger charge is 2.21. The Bertz CT molecular complexity index is 1010. The summed E-state index contributed by atoms with van der Waals surface area (Å²) in [6.07, 6.45) is 3.66. The van der Waals surface area contributed by atoms with E-state index in [0.717, 1.165) is 43.6 Å². The number of halogens is 1. The number of hydrogen-bond acceptors (Lipinski definition) is 4. The van der Waals surface area contributed by atoms with Gasteiger partial charge < -0.3 is 14.5 Å². The second-order valence-corrected chi connectivity index (χ2v) is 7.53. The van der Waals surface area contributed by atoms with Gasteiger partial charge in [-0.3, -0.25) is 9.69 Å². The van der Waals surface area contributed by atoms with Gasteiger partial charge in [0.15, 0.2) is 0 Å². The number of ether oxygens (including phenoxy) is 2. The van der Waals surface area contributed by atoms with E-state index >= 15 is 0 Å². The second-order valence-electron chi connectivity index (χ2n) is 7.12. The molecule has 6 heteroatoms. The molecule has 2 heterocycles. The zero-order valence-corrected chi connectivity index (χ0v) is 16.5. The van der Waals surface area contributed by atoms with E-state index < -0.39 is 0 Å². The first-order valence-corrected chi connectivity index (χ1v) is 9.83. The molecule has 0 saturated carbocycles. The van der Waals surface area contributed by atoms with E-state index in [0.29, 0.717) is 16.2 Å². The SMILES string of the molecule is COc1ccc(CN2CCC(Oc3cc4cc[nH]c(=O)c4cc3Cl)CC2)cc1. The lowest BCUT2D eigenvalue weighted by Crippen LogP contribution is -2.37. The minimum atomic E-state index is -0.141. The van der Waals surface area contributed by atoms with Crippen LogP contribution in [0.3, 0.4) is 0 Å². The highest BCUT2D eigenvalue weighted by atomic mass is 35.5. The number of nitrogens with one attached hydrogen (secondary N) is 1. The Morgan fingerprint density at radius 3 is 2.61 bits per heavy atom. The quantitative estimate of drug-likeness (QED) is 0.698. The summed E-state index contributed by atoms with van der Waals surface area (Å²) in [4.78, 5) is 17.0. The fourth-order valence-corrected chi connectivity index (χ4v) is 3.84. The molecule has 0 bridgehead atoms. The van der Waals surface area contributed by atoms with Crippen LogP contribution in [0.5, 0.6) is 11.5 Å². The fraction of sp³-hybridized carbons (Fsp3) is 0.318. The largest absolute Gasteiger partial charge is 0.497 e. The molecule has 1 aromatic heterocycles. The Labute approximate surface area is 168 Å². The van der Waals surface area contributed by atoms with Crippen LogP contribution in [-0.2, 0) is 6.54 Å². The molecule has 146 valence electrons. The van der Waals surface area contributed by atoms with E-state index in [2.05, 4.69) is 22.0 Å². The average molecular weight is 399 g/mol. The van der Waals surface area contributed by atoms with Crippen LogP contribution in [0, 0.1) is 0 Å². The lowest BCUT2D eigenvalue weighted by Gasteiger charge is -2.32. The van der Waals surface area contributed by atoms with E-state index in [1.165, 1.54) is 5.56 Å². The number of hydrogen-bond donors (Lipinski definition) is 1. The zero-order valence-electron chi connectivity index (χ0n) is 15.8. The Hall–Kier alpha value is -2.50. The van der Waals surface area contributed by atoms with Crippen molar-refractivity contribution in [3.63, 3.8) is 0 Å². The van der Waals surface area contributed by atoms with Crippen molar-refractivity contribution in [3.05, 3.63) is 69.6 Å². The Morgan fingerprint density at radius 1 is 1.14 bits per heavy atom. The molecular formula is C22H23ClN2O3. The highest BCUT2D eigenvalue weighted by molar-refractivity contribution is 6.32. The number of aromatic amines is 1. The fourth-order valence-electron chi connectivity index (χ4n) is 3.63. The van der Waals surface area contributed by atoms with Gasteiger partial charge in [-0.2, -0.15) is 0 Å². The molecule has 3 aromatic rings. The van der Waals surface area contributed by atoms with Gasteiger partial charge in [0.25, 0.3) is 5.56 Å². The standard InChI is InChI=1S/C22H23ClN2O3/c1-27-17-4-2-15(3-5-17)14-25-10-7-18(8-11-25)28-21-12-16-6-9-24-22(26)19(16)13-20(21)23/h2-6,9,12-13,18H,7-8,10-11,14H2,1H3,(H,24,26). The molecule has 0 aliphatic carbocycles. The molecule has 0 atom stereocenters. The highest BCUT2D eigenvalue weighted by Crippen LogP contribution is 2.31. The van der Waals surface area contributed by atoms with Crippen LogP contribution in [0.1, 0.15) is 18.4 Å². The topological polar surface area (TPSA) is 54.6 Å². The van der Waals surface area contributed by atoms with Crippen molar-refractivity contribution < 1.29 is 9.47 Å².